The first kappa shape index (κ1) is 21.2. The molecule has 0 heterocycles. The standard InChI is InChI=1S/C26H21NO2S/c1-4-6-17-27(30(28,29)26-15-9-21(3)10-16-26)18-7-8-23-12-14-24-13-11-22(5-2)19-25(24)20-23/h2,9-16,19-20H,17-18H2,1,3H3. The Balaban J connectivity index is 1.87. The van der Waals surface area contributed by atoms with Crippen LogP contribution < -0.4 is 0 Å². The van der Waals surface area contributed by atoms with Crippen molar-refractivity contribution in [2.24, 2.45) is 0 Å². The molecule has 0 N–H and O–H groups in total. The summed E-state index contributed by atoms with van der Waals surface area (Å²) in [5.74, 6) is 14.2. The molecule has 3 aromatic rings. The van der Waals surface area contributed by atoms with Crippen LogP contribution in [0.4, 0.5) is 0 Å². The van der Waals surface area contributed by atoms with Gasteiger partial charge in [-0.25, -0.2) is 8.42 Å². The lowest BCUT2D eigenvalue weighted by atomic mass is 10.0. The quantitative estimate of drug-likeness (QED) is 0.604. The molecule has 0 amide bonds. The third kappa shape index (κ3) is 4.91. The van der Waals surface area contributed by atoms with Crippen molar-refractivity contribution in [3.8, 4) is 36.0 Å². The number of aryl methyl sites for hydroxylation is 1. The molecule has 0 radical (unpaired) electrons. The molecule has 0 spiro atoms. The fraction of sp³-hybridized carbons (Fsp3) is 0.154. The van der Waals surface area contributed by atoms with Crippen LogP contribution in [0.25, 0.3) is 10.8 Å². The molecule has 0 saturated heterocycles. The van der Waals surface area contributed by atoms with Crippen LogP contribution in [-0.2, 0) is 10.0 Å². The zero-order valence-electron chi connectivity index (χ0n) is 16.9. The molecule has 0 saturated carbocycles. The molecule has 0 aliphatic heterocycles. The maximum absolute atomic E-state index is 13.0. The van der Waals surface area contributed by atoms with Gasteiger partial charge >= 0.3 is 0 Å². The zero-order chi connectivity index (χ0) is 21.6. The monoisotopic (exact) mass is 411 g/mol. The molecular weight excluding hydrogens is 390 g/mol. The lowest BCUT2D eigenvalue weighted by Crippen LogP contribution is -2.32. The van der Waals surface area contributed by atoms with Gasteiger partial charge in [0.25, 0.3) is 0 Å². The van der Waals surface area contributed by atoms with Crippen LogP contribution in [0.5, 0.6) is 0 Å². The molecule has 0 aliphatic rings. The fourth-order valence-corrected chi connectivity index (χ4v) is 4.14. The molecule has 30 heavy (non-hydrogen) atoms. The largest absolute Gasteiger partial charge is 0.244 e. The van der Waals surface area contributed by atoms with Crippen LogP contribution in [0.2, 0.25) is 0 Å². The van der Waals surface area contributed by atoms with Gasteiger partial charge in [0.2, 0.25) is 10.0 Å². The second kappa shape index (κ2) is 9.34. The van der Waals surface area contributed by atoms with E-state index in [0.29, 0.717) is 0 Å². The van der Waals surface area contributed by atoms with Crippen molar-refractivity contribution in [3.63, 3.8) is 0 Å². The SMILES string of the molecule is C#Cc1ccc2ccc(C#CCN(CC#CC)S(=O)(=O)c3ccc(C)cc3)cc2c1. The Bertz CT molecular complexity index is 1340. The molecule has 0 bridgehead atoms. The smallest absolute Gasteiger partial charge is 0.207 e. The Labute approximate surface area is 178 Å². The average Bonchev–Trinajstić information content (AvgIpc) is 2.75. The molecule has 0 atom stereocenters. The fourth-order valence-electron chi connectivity index (χ4n) is 2.90. The Kier molecular flexibility index (Phi) is 6.61. The van der Waals surface area contributed by atoms with Gasteiger partial charge in [-0.3, -0.25) is 0 Å². The van der Waals surface area contributed by atoms with Crippen LogP contribution >= 0.6 is 0 Å². The van der Waals surface area contributed by atoms with E-state index in [0.717, 1.165) is 27.5 Å². The number of terminal acetylenes is 1. The van der Waals surface area contributed by atoms with Gasteiger partial charge in [0.1, 0.15) is 0 Å². The highest BCUT2D eigenvalue weighted by atomic mass is 32.2. The second-order valence-electron chi connectivity index (χ2n) is 6.74. The minimum Gasteiger partial charge on any atom is -0.207 e. The Morgan fingerprint density at radius 2 is 1.50 bits per heavy atom. The van der Waals surface area contributed by atoms with E-state index in [1.165, 1.54) is 4.31 Å². The van der Waals surface area contributed by atoms with Crippen molar-refractivity contribution in [1.82, 2.24) is 4.31 Å². The van der Waals surface area contributed by atoms with E-state index in [2.05, 4.69) is 29.6 Å². The highest BCUT2D eigenvalue weighted by Gasteiger charge is 2.22. The minimum absolute atomic E-state index is 0.0489. The molecule has 0 unspecified atom stereocenters. The van der Waals surface area contributed by atoms with E-state index in [1.807, 2.05) is 43.3 Å². The van der Waals surface area contributed by atoms with Gasteiger partial charge in [0.05, 0.1) is 18.0 Å². The number of hydrogen-bond acceptors (Lipinski definition) is 2. The van der Waals surface area contributed by atoms with E-state index in [9.17, 15) is 8.42 Å². The first-order valence-electron chi connectivity index (χ1n) is 9.40. The van der Waals surface area contributed by atoms with Crippen molar-refractivity contribution in [3.05, 3.63) is 77.4 Å². The predicted molar refractivity (Wildman–Crippen MR) is 122 cm³/mol. The summed E-state index contributed by atoms with van der Waals surface area (Å²) in [5.41, 5.74) is 2.60. The molecular formula is C26H21NO2S. The van der Waals surface area contributed by atoms with E-state index < -0.39 is 10.0 Å². The third-order valence-corrected chi connectivity index (χ3v) is 6.39. The summed E-state index contributed by atoms with van der Waals surface area (Å²) >= 11 is 0. The minimum atomic E-state index is -3.68. The Morgan fingerprint density at radius 3 is 2.17 bits per heavy atom. The number of sulfonamides is 1. The van der Waals surface area contributed by atoms with Crippen LogP contribution in [0.3, 0.4) is 0 Å². The lowest BCUT2D eigenvalue weighted by Gasteiger charge is -2.17. The van der Waals surface area contributed by atoms with Gasteiger partial charge < -0.3 is 0 Å². The molecule has 3 nitrogen and oxygen atoms in total. The summed E-state index contributed by atoms with van der Waals surface area (Å²) in [6, 6.07) is 18.4. The average molecular weight is 412 g/mol. The van der Waals surface area contributed by atoms with Gasteiger partial charge in [-0.15, -0.1) is 12.3 Å². The number of nitrogens with zero attached hydrogens (tertiary/aromatic N) is 1. The Hall–Kier alpha value is -3.49. The van der Waals surface area contributed by atoms with Crippen LogP contribution in [0, 0.1) is 42.9 Å². The number of fused-ring (bicyclic) bond motifs is 1. The molecule has 148 valence electrons. The maximum atomic E-state index is 13.0. The van der Waals surface area contributed by atoms with Crippen LogP contribution in [-0.4, -0.2) is 25.8 Å². The van der Waals surface area contributed by atoms with Gasteiger partial charge in [-0.05, 0) is 61.0 Å². The lowest BCUT2D eigenvalue weighted by molar-refractivity contribution is 0.482. The molecule has 4 heteroatoms. The molecule has 3 rings (SSSR count). The Morgan fingerprint density at radius 1 is 0.867 bits per heavy atom. The summed E-state index contributed by atoms with van der Waals surface area (Å²) in [6.07, 6.45) is 5.48. The van der Waals surface area contributed by atoms with Gasteiger partial charge in [-0.1, -0.05) is 53.5 Å². The summed E-state index contributed by atoms with van der Waals surface area (Å²) < 4.78 is 27.3. The van der Waals surface area contributed by atoms with Crippen molar-refractivity contribution in [1.29, 1.82) is 0 Å². The first-order chi connectivity index (χ1) is 14.4. The summed E-state index contributed by atoms with van der Waals surface area (Å²) in [5, 5.41) is 2.07. The van der Waals surface area contributed by atoms with E-state index in [1.54, 1.807) is 31.2 Å². The first-order valence-corrected chi connectivity index (χ1v) is 10.8. The van der Waals surface area contributed by atoms with Gasteiger partial charge in [0.15, 0.2) is 0 Å². The number of hydrogen-bond donors (Lipinski definition) is 0. The van der Waals surface area contributed by atoms with Crippen molar-refractivity contribution in [2.75, 3.05) is 13.1 Å². The van der Waals surface area contributed by atoms with E-state index >= 15 is 0 Å². The topological polar surface area (TPSA) is 37.4 Å². The summed E-state index contributed by atoms with van der Waals surface area (Å²) in [4.78, 5) is 0.236. The van der Waals surface area contributed by atoms with E-state index in [4.69, 9.17) is 6.42 Å². The molecule has 0 aliphatic carbocycles. The number of rotatable bonds is 4. The normalized spacial score (nSPS) is 10.6. The van der Waals surface area contributed by atoms with E-state index in [-0.39, 0.29) is 18.0 Å². The second-order valence-corrected chi connectivity index (χ2v) is 8.67. The van der Waals surface area contributed by atoms with Crippen molar-refractivity contribution >= 4 is 20.8 Å². The highest BCUT2D eigenvalue weighted by Crippen LogP contribution is 2.18. The molecule has 3 aromatic carbocycles. The summed E-state index contributed by atoms with van der Waals surface area (Å²) in [7, 11) is -3.68. The predicted octanol–water partition coefficient (Wildman–Crippen LogP) is 4.20. The van der Waals surface area contributed by atoms with Crippen molar-refractivity contribution in [2.45, 2.75) is 18.7 Å². The van der Waals surface area contributed by atoms with Crippen molar-refractivity contribution < 1.29 is 8.42 Å². The van der Waals surface area contributed by atoms with Crippen LogP contribution in [0.15, 0.2) is 65.6 Å². The zero-order valence-corrected chi connectivity index (χ0v) is 17.8. The highest BCUT2D eigenvalue weighted by molar-refractivity contribution is 7.89. The number of benzene rings is 3. The van der Waals surface area contributed by atoms with Gasteiger partial charge in [-0.2, -0.15) is 4.31 Å². The van der Waals surface area contributed by atoms with Gasteiger partial charge in [0, 0.05) is 11.1 Å². The van der Waals surface area contributed by atoms with Crippen LogP contribution in [0.1, 0.15) is 23.6 Å². The maximum Gasteiger partial charge on any atom is 0.244 e. The molecule has 0 fully saturated rings. The summed E-state index contributed by atoms with van der Waals surface area (Å²) in [6.45, 7) is 3.73. The molecule has 0 aromatic heterocycles. The third-order valence-electron chi connectivity index (χ3n) is 4.59.